The van der Waals surface area contributed by atoms with E-state index in [1.165, 1.54) is 17.0 Å². The number of benzene rings is 4. The predicted octanol–water partition coefficient (Wildman–Crippen LogP) is 7.77. The summed E-state index contributed by atoms with van der Waals surface area (Å²) in [6.45, 7) is 2.96. The summed E-state index contributed by atoms with van der Waals surface area (Å²) in [6.07, 6.45) is 3.83. The monoisotopic (exact) mass is 693 g/mol. The third-order valence-corrected chi connectivity index (χ3v) is 10.7. The Morgan fingerprint density at radius 2 is 1.51 bits per heavy atom. The van der Waals surface area contributed by atoms with Gasteiger partial charge in [-0.2, -0.15) is 0 Å². The van der Waals surface area contributed by atoms with Crippen LogP contribution in [0.1, 0.15) is 43.7 Å². The first-order valence-corrected chi connectivity index (χ1v) is 17.7. The molecule has 0 spiro atoms. The molecule has 1 saturated carbocycles. The molecule has 1 N–H and O–H groups in total. The summed E-state index contributed by atoms with van der Waals surface area (Å²) in [7, 11) is -4.22. The van der Waals surface area contributed by atoms with Crippen molar-refractivity contribution in [1.82, 2.24) is 10.2 Å². The van der Waals surface area contributed by atoms with Crippen LogP contribution in [0.25, 0.3) is 0 Å². The second-order valence-electron chi connectivity index (χ2n) is 11.7. The van der Waals surface area contributed by atoms with Crippen molar-refractivity contribution in [2.45, 2.75) is 63.1 Å². The van der Waals surface area contributed by atoms with Crippen LogP contribution >= 0.6 is 23.2 Å². The fraction of sp³-hybridized carbons (Fsp3) is 0.278. The highest BCUT2D eigenvalue weighted by atomic mass is 35.5. The van der Waals surface area contributed by atoms with E-state index >= 15 is 0 Å². The molecule has 0 saturated heterocycles. The normalized spacial score (nSPS) is 14.0. The van der Waals surface area contributed by atoms with E-state index in [9.17, 15) is 18.0 Å². The molecule has 0 radical (unpaired) electrons. The van der Waals surface area contributed by atoms with Gasteiger partial charge in [0.05, 0.1) is 20.6 Å². The quantitative estimate of drug-likeness (QED) is 0.164. The number of ether oxygens (including phenoxy) is 1. The van der Waals surface area contributed by atoms with Gasteiger partial charge in [-0.25, -0.2) is 8.42 Å². The Morgan fingerprint density at radius 1 is 0.872 bits per heavy atom. The van der Waals surface area contributed by atoms with Crippen molar-refractivity contribution in [3.05, 3.63) is 118 Å². The molecule has 0 heterocycles. The Labute approximate surface area is 286 Å². The minimum Gasteiger partial charge on any atom is -0.457 e. The summed E-state index contributed by atoms with van der Waals surface area (Å²) in [5.41, 5.74) is 1.80. The van der Waals surface area contributed by atoms with Crippen LogP contribution in [0.2, 0.25) is 10.0 Å². The van der Waals surface area contributed by atoms with Crippen molar-refractivity contribution in [2.24, 2.45) is 0 Å². The van der Waals surface area contributed by atoms with E-state index in [-0.39, 0.29) is 29.1 Å². The lowest BCUT2D eigenvalue weighted by molar-refractivity contribution is -0.139. The minimum absolute atomic E-state index is 0.0112. The number of nitrogens with zero attached hydrogens (tertiary/aromatic N) is 2. The number of carbonyl (C=O) groups excluding carboxylic acids is 2. The molecule has 0 aromatic heterocycles. The molecule has 0 bridgehead atoms. The second kappa shape index (κ2) is 15.2. The molecule has 1 atom stereocenters. The topological polar surface area (TPSA) is 96.0 Å². The minimum atomic E-state index is -4.22. The molecule has 1 unspecified atom stereocenters. The summed E-state index contributed by atoms with van der Waals surface area (Å²) < 4.78 is 35.3. The van der Waals surface area contributed by atoms with Gasteiger partial charge in [0.2, 0.25) is 11.8 Å². The maximum Gasteiger partial charge on any atom is 0.264 e. The molecule has 246 valence electrons. The van der Waals surface area contributed by atoms with E-state index < -0.39 is 28.5 Å². The number of carbonyl (C=O) groups is 2. The fourth-order valence-electron chi connectivity index (χ4n) is 5.48. The van der Waals surface area contributed by atoms with E-state index in [1.54, 1.807) is 61.5 Å². The largest absolute Gasteiger partial charge is 0.457 e. The van der Waals surface area contributed by atoms with Crippen LogP contribution in [0.5, 0.6) is 11.5 Å². The van der Waals surface area contributed by atoms with Crippen molar-refractivity contribution in [2.75, 3.05) is 10.8 Å². The standard InChI is InChI=1S/C36H37Cl2N3O5S/c1-25-12-19-32(20-13-25)47(44,45)41(29-15-17-31(18-16-29)46-30-10-4-3-5-11-30)24-35(42)40(23-27-14-21-33(37)34(38)22-27)26(2)36(43)39-28-8-6-7-9-28/h3-5,10-22,26,28H,6-9,23-24H2,1-2H3,(H,39,43). The van der Waals surface area contributed by atoms with Gasteiger partial charge in [-0.3, -0.25) is 13.9 Å². The van der Waals surface area contributed by atoms with Gasteiger partial charge in [0.15, 0.2) is 0 Å². The van der Waals surface area contributed by atoms with Crippen LogP contribution in [-0.2, 0) is 26.2 Å². The van der Waals surface area contributed by atoms with E-state index in [1.807, 2.05) is 37.3 Å². The average molecular weight is 695 g/mol. The first kappa shape index (κ1) is 34.3. The maximum atomic E-state index is 14.3. The van der Waals surface area contributed by atoms with E-state index in [0.717, 1.165) is 35.6 Å². The lowest BCUT2D eigenvalue weighted by Gasteiger charge is -2.32. The lowest BCUT2D eigenvalue weighted by atomic mass is 10.1. The Bertz CT molecular complexity index is 1800. The zero-order valence-electron chi connectivity index (χ0n) is 26.2. The van der Waals surface area contributed by atoms with Gasteiger partial charge < -0.3 is 15.0 Å². The maximum absolute atomic E-state index is 14.3. The Kier molecular flexibility index (Phi) is 11.1. The summed E-state index contributed by atoms with van der Waals surface area (Å²) >= 11 is 12.4. The van der Waals surface area contributed by atoms with E-state index in [4.69, 9.17) is 27.9 Å². The molecule has 11 heteroatoms. The highest BCUT2D eigenvalue weighted by Crippen LogP contribution is 2.29. The molecule has 8 nitrogen and oxygen atoms in total. The molecule has 4 aromatic rings. The number of anilines is 1. The molecule has 1 fully saturated rings. The number of nitrogens with one attached hydrogen (secondary N) is 1. The number of amides is 2. The molecule has 2 amide bonds. The SMILES string of the molecule is Cc1ccc(S(=O)(=O)N(CC(=O)N(Cc2ccc(Cl)c(Cl)c2)C(C)C(=O)NC2CCCC2)c2ccc(Oc3ccccc3)cc2)cc1. The number of rotatable bonds is 12. The molecule has 0 aliphatic heterocycles. The van der Waals surface area contributed by atoms with E-state index in [0.29, 0.717) is 27.1 Å². The summed E-state index contributed by atoms with van der Waals surface area (Å²) in [5, 5.41) is 3.73. The summed E-state index contributed by atoms with van der Waals surface area (Å²) in [4.78, 5) is 29.1. The molecule has 5 rings (SSSR count). The number of aryl methyl sites for hydroxylation is 1. The Balaban J connectivity index is 1.48. The predicted molar refractivity (Wildman–Crippen MR) is 186 cm³/mol. The van der Waals surface area contributed by atoms with Crippen molar-refractivity contribution >= 4 is 50.7 Å². The number of halogens is 2. The van der Waals surface area contributed by atoms with Crippen LogP contribution < -0.4 is 14.4 Å². The molecule has 4 aromatic carbocycles. The smallest absolute Gasteiger partial charge is 0.264 e. The van der Waals surface area contributed by atoms with Crippen molar-refractivity contribution in [3.63, 3.8) is 0 Å². The lowest BCUT2D eigenvalue weighted by Crippen LogP contribution is -2.52. The van der Waals surface area contributed by atoms with Gasteiger partial charge in [-0.05, 0) is 92.9 Å². The number of para-hydroxylation sites is 1. The molecule has 1 aliphatic carbocycles. The Morgan fingerprint density at radius 3 is 2.15 bits per heavy atom. The second-order valence-corrected chi connectivity index (χ2v) is 14.3. The van der Waals surface area contributed by atoms with Crippen molar-refractivity contribution < 1.29 is 22.7 Å². The summed E-state index contributed by atoms with van der Waals surface area (Å²) in [5.74, 6) is 0.255. The van der Waals surface area contributed by atoms with Crippen LogP contribution in [0.3, 0.4) is 0 Å². The third-order valence-electron chi connectivity index (χ3n) is 8.20. The number of hydrogen-bond acceptors (Lipinski definition) is 5. The molecule has 1 aliphatic rings. The van der Waals surface area contributed by atoms with Gasteiger partial charge in [-0.15, -0.1) is 0 Å². The third kappa shape index (κ3) is 8.66. The molecular formula is C36H37Cl2N3O5S. The van der Waals surface area contributed by atoms with Crippen LogP contribution in [0.4, 0.5) is 5.69 Å². The average Bonchev–Trinajstić information content (AvgIpc) is 3.58. The van der Waals surface area contributed by atoms with Gasteiger partial charge >= 0.3 is 0 Å². The van der Waals surface area contributed by atoms with Crippen LogP contribution in [0.15, 0.2) is 102 Å². The van der Waals surface area contributed by atoms with Crippen molar-refractivity contribution in [3.8, 4) is 11.5 Å². The molecule has 47 heavy (non-hydrogen) atoms. The highest BCUT2D eigenvalue weighted by Gasteiger charge is 2.33. The zero-order chi connectivity index (χ0) is 33.6. The van der Waals surface area contributed by atoms with Crippen molar-refractivity contribution in [1.29, 1.82) is 0 Å². The first-order valence-electron chi connectivity index (χ1n) is 15.5. The van der Waals surface area contributed by atoms with Gasteiger partial charge in [0.25, 0.3) is 10.0 Å². The van der Waals surface area contributed by atoms with Gasteiger partial charge in [-0.1, -0.05) is 78.0 Å². The number of hydrogen-bond donors (Lipinski definition) is 1. The first-order chi connectivity index (χ1) is 22.5. The Hall–Kier alpha value is -4.05. The zero-order valence-corrected chi connectivity index (χ0v) is 28.6. The molecular weight excluding hydrogens is 657 g/mol. The van der Waals surface area contributed by atoms with Gasteiger partial charge in [0.1, 0.15) is 24.1 Å². The van der Waals surface area contributed by atoms with E-state index in [2.05, 4.69) is 5.32 Å². The van der Waals surface area contributed by atoms with Crippen LogP contribution in [-0.4, -0.2) is 43.8 Å². The number of sulfonamides is 1. The highest BCUT2D eigenvalue weighted by molar-refractivity contribution is 7.92. The summed E-state index contributed by atoms with van der Waals surface area (Å²) in [6, 6.07) is 26.3. The van der Waals surface area contributed by atoms with Gasteiger partial charge in [0, 0.05) is 12.6 Å². The van der Waals surface area contributed by atoms with Crippen LogP contribution in [0, 0.1) is 6.92 Å². The fourth-order valence-corrected chi connectivity index (χ4v) is 7.22.